The molecule has 1 fully saturated rings. The van der Waals surface area contributed by atoms with Gasteiger partial charge in [-0.25, -0.2) is 0 Å². The van der Waals surface area contributed by atoms with Crippen molar-refractivity contribution in [2.75, 3.05) is 19.6 Å². The Bertz CT molecular complexity index is 314. The number of nitrogens with two attached hydrogens (primary N) is 1. The van der Waals surface area contributed by atoms with E-state index in [0.29, 0.717) is 19.0 Å². The third-order valence-corrected chi connectivity index (χ3v) is 3.78. The molecule has 0 spiro atoms. The molecule has 0 aromatic heterocycles. The lowest BCUT2D eigenvalue weighted by Gasteiger charge is -2.32. The first kappa shape index (κ1) is 15.8. The van der Waals surface area contributed by atoms with Crippen molar-refractivity contribution in [3.05, 3.63) is 0 Å². The van der Waals surface area contributed by atoms with Crippen LogP contribution in [-0.2, 0) is 4.79 Å². The quantitative estimate of drug-likeness (QED) is 0.287. The van der Waals surface area contributed by atoms with Gasteiger partial charge in [-0.15, -0.1) is 0 Å². The standard InChI is InChI=1S/C13H26N4O2/c1-3-11(12(14)16-19)13(18)15-9-10(2)17-7-5-4-6-8-17/h10-11,19H,3-9H2,1-2H3,(H2,14,16)(H,15,18). The number of amidine groups is 1. The smallest absolute Gasteiger partial charge is 0.230 e. The Morgan fingerprint density at radius 1 is 1.42 bits per heavy atom. The van der Waals surface area contributed by atoms with Gasteiger partial charge in [0.1, 0.15) is 0 Å². The highest BCUT2D eigenvalue weighted by Gasteiger charge is 2.23. The van der Waals surface area contributed by atoms with Gasteiger partial charge in [-0.2, -0.15) is 0 Å². The van der Waals surface area contributed by atoms with Crippen molar-refractivity contribution in [1.29, 1.82) is 0 Å². The van der Waals surface area contributed by atoms with Crippen LogP contribution >= 0.6 is 0 Å². The van der Waals surface area contributed by atoms with Crippen LogP contribution in [0.25, 0.3) is 0 Å². The molecule has 1 saturated heterocycles. The van der Waals surface area contributed by atoms with Gasteiger partial charge in [0.05, 0.1) is 5.92 Å². The van der Waals surface area contributed by atoms with Crippen molar-refractivity contribution >= 4 is 11.7 Å². The summed E-state index contributed by atoms with van der Waals surface area (Å²) in [6.07, 6.45) is 4.30. The molecular weight excluding hydrogens is 244 g/mol. The third kappa shape index (κ3) is 4.70. The molecule has 6 nitrogen and oxygen atoms in total. The Morgan fingerprint density at radius 3 is 2.58 bits per heavy atom. The Morgan fingerprint density at radius 2 is 2.05 bits per heavy atom. The molecule has 19 heavy (non-hydrogen) atoms. The van der Waals surface area contributed by atoms with E-state index >= 15 is 0 Å². The van der Waals surface area contributed by atoms with Gasteiger partial charge in [-0.05, 0) is 39.3 Å². The van der Waals surface area contributed by atoms with Crippen molar-refractivity contribution in [1.82, 2.24) is 10.2 Å². The van der Waals surface area contributed by atoms with Crippen molar-refractivity contribution < 1.29 is 10.0 Å². The molecule has 1 amide bonds. The van der Waals surface area contributed by atoms with Gasteiger partial charge < -0.3 is 16.3 Å². The maximum Gasteiger partial charge on any atom is 0.230 e. The minimum atomic E-state index is -0.543. The Hall–Kier alpha value is -1.30. The maximum atomic E-state index is 12.0. The number of hydrogen-bond acceptors (Lipinski definition) is 4. The predicted molar refractivity (Wildman–Crippen MR) is 75.1 cm³/mol. The van der Waals surface area contributed by atoms with Gasteiger partial charge in [-0.3, -0.25) is 9.69 Å². The zero-order valence-corrected chi connectivity index (χ0v) is 11.9. The van der Waals surface area contributed by atoms with E-state index < -0.39 is 5.92 Å². The fourth-order valence-corrected chi connectivity index (χ4v) is 2.46. The van der Waals surface area contributed by atoms with E-state index in [1.165, 1.54) is 19.3 Å². The first-order valence-electron chi connectivity index (χ1n) is 7.09. The van der Waals surface area contributed by atoms with E-state index in [1.807, 2.05) is 6.92 Å². The summed E-state index contributed by atoms with van der Waals surface area (Å²) < 4.78 is 0. The van der Waals surface area contributed by atoms with Crippen LogP contribution in [0.4, 0.5) is 0 Å². The second kappa shape index (κ2) is 7.99. The lowest BCUT2D eigenvalue weighted by atomic mass is 10.0. The summed E-state index contributed by atoms with van der Waals surface area (Å²) in [5.41, 5.74) is 5.51. The summed E-state index contributed by atoms with van der Waals surface area (Å²) in [5, 5.41) is 14.5. The van der Waals surface area contributed by atoms with E-state index in [0.717, 1.165) is 13.1 Å². The molecule has 1 aliphatic heterocycles. The first-order chi connectivity index (χ1) is 9.10. The monoisotopic (exact) mass is 270 g/mol. The van der Waals surface area contributed by atoms with Crippen LogP contribution in [0.15, 0.2) is 5.16 Å². The molecule has 1 rings (SSSR count). The number of amides is 1. The van der Waals surface area contributed by atoms with Gasteiger partial charge in [0.25, 0.3) is 0 Å². The molecule has 0 aromatic carbocycles. The summed E-state index contributed by atoms with van der Waals surface area (Å²) in [6.45, 7) is 6.78. The molecule has 0 aromatic rings. The molecule has 1 aliphatic rings. The normalized spacial score (nSPS) is 20.8. The van der Waals surface area contributed by atoms with Crippen LogP contribution in [0.1, 0.15) is 39.5 Å². The molecule has 6 heteroatoms. The van der Waals surface area contributed by atoms with Gasteiger partial charge >= 0.3 is 0 Å². The van der Waals surface area contributed by atoms with Crippen LogP contribution < -0.4 is 11.1 Å². The number of piperidine rings is 1. The largest absolute Gasteiger partial charge is 0.409 e. The van der Waals surface area contributed by atoms with E-state index in [1.54, 1.807) is 0 Å². The molecule has 1 heterocycles. The van der Waals surface area contributed by atoms with Gasteiger partial charge in [0, 0.05) is 12.6 Å². The topological polar surface area (TPSA) is 91.0 Å². The number of carbonyl (C=O) groups excluding carboxylic acids is 1. The van der Waals surface area contributed by atoms with E-state index in [2.05, 4.69) is 22.3 Å². The molecule has 110 valence electrons. The van der Waals surface area contributed by atoms with Crippen LogP contribution in [0.2, 0.25) is 0 Å². The van der Waals surface area contributed by atoms with Crippen molar-refractivity contribution in [2.24, 2.45) is 16.8 Å². The number of hydrogen-bond donors (Lipinski definition) is 3. The Labute approximate surface area is 115 Å². The number of rotatable bonds is 6. The predicted octanol–water partition coefficient (Wildman–Crippen LogP) is 0.750. The highest BCUT2D eigenvalue weighted by atomic mass is 16.4. The summed E-state index contributed by atoms with van der Waals surface area (Å²) in [5.74, 6) is -0.731. The number of oxime groups is 1. The summed E-state index contributed by atoms with van der Waals surface area (Å²) in [7, 11) is 0. The number of likely N-dealkylation sites (tertiary alicyclic amines) is 1. The summed E-state index contributed by atoms with van der Waals surface area (Å²) in [6, 6.07) is 0.328. The second-order valence-corrected chi connectivity index (χ2v) is 5.18. The summed E-state index contributed by atoms with van der Waals surface area (Å²) >= 11 is 0. The van der Waals surface area contributed by atoms with Crippen LogP contribution in [0.3, 0.4) is 0 Å². The molecule has 0 bridgehead atoms. The van der Waals surface area contributed by atoms with Gasteiger partial charge in [0.2, 0.25) is 5.91 Å². The highest BCUT2D eigenvalue weighted by Crippen LogP contribution is 2.11. The molecular formula is C13H26N4O2. The van der Waals surface area contributed by atoms with E-state index in [4.69, 9.17) is 10.9 Å². The number of nitrogens with zero attached hydrogens (tertiary/aromatic N) is 2. The third-order valence-electron chi connectivity index (χ3n) is 3.78. The minimum Gasteiger partial charge on any atom is -0.409 e. The number of nitrogens with one attached hydrogen (secondary N) is 1. The van der Waals surface area contributed by atoms with Gasteiger partial charge in [-0.1, -0.05) is 18.5 Å². The lowest BCUT2D eigenvalue weighted by molar-refractivity contribution is -0.123. The SMILES string of the molecule is CCC(C(=O)NCC(C)N1CCCCC1)C(N)=NO. The number of carbonyl (C=O) groups is 1. The second-order valence-electron chi connectivity index (χ2n) is 5.18. The lowest BCUT2D eigenvalue weighted by Crippen LogP contribution is -2.47. The molecule has 0 aliphatic carbocycles. The zero-order valence-electron chi connectivity index (χ0n) is 11.9. The van der Waals surface area contributed by atoms with Crippen molar-refractivity contribution in [3.8, 4) is 0 Å². The first-order valence-corrected chi connectivity index (χ1v) is 7.09. The Balaban J connectivity index is 2.39. The molecule has 2 atom stereocenters. The van der Waals surface area contributed by atoms with Crippen molar-refractivity contribution in [3.63, 3.8) is 0 Å². The van der Waals surface area contributed by atoms with Crippen LogP contribution in [0.5, 0.6) is 0 Å². The molecule has 2 unspecified atom stereocenters. The van der Waals surface area contributed by atoms with Crippen LogP contribution in [-0.4, -0.2) is 47.5 Å². The molecule has 0 radical (unpaired) electrons. The highest BCUT2D eigenvalue weighted by molar-refractivity contribution is 6.01. The Kier molecular flexibility index (Phi) is 6.62. The molecule has 0 saturated carbocycles. The minimum absolute atomic E-state index is 0.0226. The van der Waals surface area contributed by atoms with Crippen LogP contribution in [0, 0.1) is 5.92 Å². The average molecular weight is 270 g/mol. The zero-order chi connectivity index (χ0) is 14.3. The fourth-order valence-electron chi connectivity index (χ4n) is 2.46. The van der Waals surface area contributed by atoms with E-state index in [-0.39, 0.29) is 11.7 Å². The maximum absolute atomic E-state index is 12.0. The molecule has 4 N–H and O–H groups in total. The summed E-state index contributed by atoms with van der Waals surface area (Å²) in [4.78, 5) is 14.4. The van der Waals surface area contributed by atoms with E-state index in [9.17, 15) is 4.79 Å². The van der Waals surface area contributed by atoms with Crippen molar-refractivity contribution in [2.45, 2.75) is 45.6 Å². The average Bonchev–Trinajstić information content (AvgIpc) is 2.46. The fraction of sp³-hybridized carbons (Fsp3) is 0.846. The van der Waals surface area contributed by atoms with Gasteiger partial charge in [0.15, 0.2) is 5.84 Å².